The Kier molecular flexibility index (Phi) is 3.16. The van der Waals surface area contributed by atoms with Crippen LogP contribution in [0.4, 0.5) is 5.69 Å². The molecular formula is C14H12N2O2. The molecule has 0 aliphatic carbocycles. The number of carbonyl (C=O) groups is 1. The van der Waals surface area contributed by atoms with E-state index in [1.165, 1.54) is 0 Å². The smallest absolute Gasteiger partial charge is 0.291 e. The minimum Gasteiger partial charge on any atom is -0.456 e. The molecule has 0 saturated carbocycles. The Balaban J connectivity index is 2.13. The standard InChI is InChI=1S/C14H12N2O2/c1-9-7-13(18-10(9)2)14(17)16-12-5-3-11(8-15)4-6-12/h3-7H,1-2H3,(H,16,17). The lowest BCUT2D eigenvalue weighted by Gasteiger charge is -2.02. The van der Waals surface area contributed by atoms with Gasteiger partial charge < -0.3 is 9.73 Å². The van der Waals surface area contributed by atoms with Crippen molar-refractivity contribution in [1.82, 2.24) is 0 Å². The number of hydrogen-bond donors (Lipinski definition) is 1. The van der Waals surface area contributed by atoms with Crippen molar-refractivity contribution in [3.8, 4) is 6.07 Å². The quantitative estimate of drug-likeness (QED) is 0.877. The molecule has 0 saturated heterocycles. The van der Waals surface area contributed by atoms with Gasteiger partial charge in [0.15, 0.2) is 5.76 Å². The molecule has 1 amide bonds. The third-order valence-corrected chi connectivity index (χ3v) is 2.66. The molecule has 2 aromatic rings. The lowest BCUT2D eigenvalue weighted by atomic mass is 10.2. The highest BCUT2D eigenvalue weighted by Crippen LogP contribution is 2.15. The summed E-state index contributed by atoms with van der Waals surface area (Å²) in [6, 6.07) is 10.4. The van der Waals surface area contributed by atoms with Crippen LogP contribution in [-0.2, 0) is 0 Å². The molecule has 4 heteroatoms. The van der Waals surface area contributed by atoms with Crippen LogP contribution in [0.25, 0.3) is 0 Å². The fraction of sp³-hybridized carbons (Fsp3) is 0.143. The van der Waals surface area contributed by atoms with Crippen molar-refractivity contribution in [2.24, 2.45) is 0 Å². The average molecular weight is 240 g/mol. The van der Waals surface area contributed by atoms with Gasteiger partial charge in [-0.1, -0.05) is 0 Å². The molecule has 1 aromatic carbocycles. The Labute approximate surface area is 105 Å². The second-order valence-electron chi connectivity index (χ2n) is 3.99. The molecule has 0 bridgehead atoms. The molecule has 0 spiro atoms. The Hall–Kier alpha value is -2.54. The summed E-state index contributed by atoms with van der Waals surface area (Å²) < 4.78 is 5.33. The lowest BCUT2D eigenvalue weighted by Crippen LogP contribution is -2.10. The molecule has 0 aliphatic heterocycles. The predicted molar refractivity (Wildman–Crippen MR) is 67.3 cm³/mol. The molecule has 0 radical (unpaired) electrons. The second kappa shape index (κ2) is 4.76. The molecule has 4 nitrogen and oxygen atoms in total. The maximum atomic E-state index is 11.9. The van der Waals surface area contributed by atoms with Crippen LogP contribution in [0.2, 0.25) is 0 Å². The normalized spacial score (nSPS) is 9.83. The Morgan fingerprint density at radius 3 is 2.44 bits per heavy atom. The van der Waals surface area contributed by atoms with Gasteiger partial charge in [-0.15, -0.1) is 0 Å². The lowest BCUT2D eigenvalue weighted by molar-refractivity contribution is 0.0995. The summed E-state index contributed by atoms with van der Waals surface area (Å²) in [7, 11) is 0. The molecule has 1 N–H and O–H groups in total. The Morgan fingerprint density at radius 1 is 1.28 bits per heavy atom. The first-order valence-corrected chi connectivity index (χ1v) is 5.48. The summed E-state index contributed by atoms with van der Waals surface area (Å²) in [5.41, 5.74) is 2.13. The van der Waals surface area contributed by atoms with Crippen LogP contribution in [0.15, 0.2) is 34.7 Å². The van der Waals surface area contributed by atoms with E-state index >= 15 is 0 Å². The summed E-state index contributed by atoms with van der Waals surface area (Å²) in [5, 5.41) is 11.4. The highest BCUT2D eigenvalue weighted by Gasteiger charge is 2.12. The molecule has 18 heavy (non-hydrogen) atoms. The third-order valence-electron chi connectivity index (χ3n) is 2.66. The SMILES string of the molecule is Cc1cc(C(=O)Nc2ccc(C#N)cc2)oc1C. The first kappa shape index (κ1) is 11.9. The first-order valence-electron chi connectivity index (χ1n) is 5.48. The van der Waals surface area contributed by atoms with E-state index in [9.17, 15) is 4.79 Å². The van der Waals surface area contributed by atoms with Gasteiger partial charge in [0.1, 0.15) is 5.76 Å². The van der Waals surface area contributed by atoms with E-state index in [1.54, 1.807) is 30.3 Å². The van der Waals surface area contributed by atoms with Gasteiger partial charge >= 0.3 is 0 Å². The van der Waals surface area contributed by atoms with Crippen LogP contribution >= 0.6 is 0 Å². The minimum absolute atomic E-state index is 0.286. The number of hydrogen-bond acceptors (Lipinski definition) is 3. The van der Waals surface area contributed by atoms with Gasteiger partial charge in [0.05, 0.1) is 11.6 Å². The van der Waals surface area contributed by atoms with Crippen LogP contribution in [0, 0.1) is 25.2 Å². The summed E-state index contributed by atoms with van der Waals surface area (Å²) in [6.45, 7) is 3.70. The number of nitriles is 1. The predicted octanol–water partition coefficient (Wildman–Crippen LogP) is 3.02. The largest absolute Gasteiger partial charge is 0.456 e. The molecule has 0 atom stereocenters. The number of rotatable bonds is 2. The number of furan rings is 1. The van der Waals surface area contributed by atoms with E-state index in [0.717, 1.165) is 11.3 Å². The summed E-state index contributed by atoms with van der Waals surface area (Å²) in [4.78, 5) is 11.9. The summed E-state index contributed by atoms with van der Waals surface area (Å²) in [6.07, 6.45) is 0. The monoisotopic (exact) mass is 240 g/mol. The number of amides is 1. The van der Waals surface area contributed by atoms with E-state index in [2.05, 4.69) is 5.32 Å². The molecular weight excluding hydrogens is 228 g/mol. The average Bonchev–Trinajstić information content (AvgIpc) is 2.71. The number of nitrogens with one attached hydrogen (secondary N) is 1. The van der Waals surface area contributed by atoms with Crippen molar-refractivity contribution < 1.29 is 9.21 Å². The molecule has 0 unspecified atom stereocenters. The Morgan fingerprint density at radius 2 is 1.94 bits per heavy atom. The fourth-order valence-corrected chi connectivity index (χ4v) is 1.51. The maximum Gasteiger partial charge on any atom is 0.291 e. The summed E-state index contributed by atoms with van der Waals surface area (Å²) >= 11 is 0. The maximum absolute atomic E-state index is 11.9. The second-order valence-corrected chi connectivity index (χ2v) is 3.99. The van der Waals surface area contributed by atoms with Crippen molar-refractivity contribution in [3.05, 3.63) is 53.0 Å². The molecule has 1 aromatic heterocycles. The van der Waals surface area contributed by atoms with Crippen LogP contribution in [0.5, 0.6) is 0 Å². The minimum atomic E-state index is -0.295. The first-order chi connectivity index (χ1) is 8.60. The Bertz CT molecular complexity index is 599. The van der Waals surface area contributed by atoms with Gasteiger partial charge in [0.2, 0.25) is 0 Å². The molecule has 1 heterocycles. The van der Waals surface area contributed by atoms with Crippen molar-refractivity contribution in [2.75, 3.05) is 5.32 Å². The van der Waals surface area contributed by atoms with Crippen molar-refractivity contribution in [1.29, 1.82) is 5.26 Å². The zero-order valence-electron chi connectivity index (χ0n) is 10.2. The molecule has 0 fully saturated rings. The van der Waals surface area contributed by atoms with Crippen molar-refractivity contribution >= 4 is 11.6 Å². The van der Waals surface area contributed by atoms with E-state index < -0.39 is 0 Å². The third kappa shape index (κ3) is 2.41. The number of nitrogens with zero attached hydrogens (tertiary/aromatic N) is 1. The van der Waals surface area contributed by atoms with Crippen molar-refractivity contribution in [3.63, 3.8) is 0 Å². The topological polar surface area (TPSA) is 66.0 Å². The van der Waals surface area contributed by atoms with Gasteiger partial charge in [-0.05, 0) is 49.7 Å². The van der Waals surface area contributed by atoms with Crippen LogP contribution in [-0.4, -0.2) is 5.91 Å². The molecule has 2 rings (SSSR count). The van der Waals surface area contributed by atoms with Crippen LogP contribution < -0.4 is 5.32 Å². The van der Waals surface area contributed by atoms with E-state index in [1.807, 2.05) is 19.9 Å². The van der Waals surface area contributed by atoms with Crippen LogP contribution in [0.1, 0.15) is 27.4 Å². The van der Waals surface area contributed by atoms with Gasteiger partial charge in [-0.2, -0.15) is 5.26 Å². The number of benzene rings is 1. The zero-order chi connectivity index (χ0) is 13.1. The highest BCUT2D eigenvalue weighted by atomic mass is 16.3. The van der Waals surface area contributed by atoms with E-state index in [0.29, 0.717) is 11.3 Å². The molecule has 0 aliphatic rings. The number of aryl methyl sites for hydroxylation is 2. The van der Waals surface area contributed by atoms with Gasteiger partial charge in [-0.25, -0.2) is 0 Å². The van der Waals surface area contributed by atoms with E-state index in [4.69, 9.17) is 9.68 Å². The van der Waals surface area contributed by atoms with Gasteiger partial charge in [-0.3, -0.25) is 4.79 Å². The highest BCUT2D eigenvalue weighted by molar-refractivity contribution is 6.02. The van der Waals surface area contributed by atoms with E-state index in [-0.39, 0.29) is 11.7 Å². The van der Waals surface area contributed by atoms with Crippen molar-refractivity contribution in [2.45, 2.75) is 13.8 Å². The number of carbonyl (C=O) groups excluding carboxylic acids is 1. The van der Waals surface area contributed by atoms with Crippen LogP contribution in [0.3, 0.4) is 0 Å². The molecule has 90 valence electrons. The van der Waals surface area contributed by atoms with Gasteiger partial charge in [0.25, 0.3) is 5.91 Å². The zero-order valence-corrected chi connectivity index (χ0v) is 10.2. The van der Waals surface area contributed by atoms with Gasteiger partial charge in [0, 0.05) is 5.69 Å². The fourth-order valence-electron chi connectivity index (χ4n) is 1.51. The summed E-state index contributed by atoms with van der Waals surface area (Å²) in [5.74, 6) is 0.727. The number of anilines is 1.